The van der Waals surface area contributed by atoms with Gasteiger partial charge in [-0.3, -0.25) is 0 Å². The number of hydrogen-bond acceptors (Lipinski definition) is 0. The first-order valence-electron chi connectivity index (χ1n) is 8.63. The molecule has 4 aromatic rings. The Balaban J connectivity index is 0.000000451. The number of benzene rings is 2. The molecule has 0 aliphatic carbocycles. The summed E-state index contributed by atoms with van der Waals surface area (Å²) in [6, 6.07) is 17.8. The second kappa shape index (κ2) is 10.6. The van der Waals surface area contributed by atoms with Gasteiger partial charge in [-0.05, 0) is 27.7 Å². The fourth-order valence-corrected chi connectivity index (χ4v) is 3.24. The van der Waals surface area contributed by atoms with E-state index in [-0.39, 0.29) is 50.7 Å². The second-order valence-corrected chi connectivity index (χ2v) is 7.08. The van der Waals surface area contributed by atoms with E-state index in [0.29, 0.717) is 0 Å². The molecule has 0 saturated heterocycles. The Bertz CT molecular complexity index is 938. The third-order valence-corrected chi connectivity index (χ3v) is 5.21. The molecule has 0 saturated carbocycles. The zero-order valence-corrected chi connectivity index (χ0v) is 22.0. The average Bonchev–Trinajstić information content (AvgIpc) is 3.06. The van der Waals surface area contributed by atoms with Crippen LogP contribution in [0, 0.1) is 41.5 Å². The zero-order chi connectivity index (χ0) is 17.4. The molecular weight excluding hydrogens is 538 g/mol. The molecule has 0 bridgehead atoms. The molecule has 0 fully saturated rings. The van der Waals surface area contributed by atoms with Gasteiger partial charge in [-0.1, -0.05) is 36.1 Å². The van der Waals surface area contributed by atoms with Crippen molar-refractivity contribution < 1.29 is 50.7 Å². The molecule has 0 amide bonds. The molecule has 0 aliphatic rings. The molecule has 0 N–H and O–H groups in total. The van der Waals surface area contributed by atoms with Crippen molar-refractivity contribution in [1.29, 1.82) is 0 Å². The van der Waals surface area contributed by atoms with Crippen molar-refractivity contribution in [1.82, 2.24) is 0 Å². The van der Waals surface area contributed by atoms with Gasteiger partial charge in [0.25, 0.3) is 0 Å². The first-order chi connectivity index (χ1) is 11.4. The van der Waals surface area contributed by atoms with Gasteiger partial charge in [0.2, 0.25) is 0 Å². The Labute approximate surface area is 194 Å². The molecule has 27 heavy (non-hydrogen) atoms. The van der Waals surface area contributed by atoms with Crippen molar-refractivity contribution in [2.45, 2.75) is 41.5 Å². The number of halogens is 2. The van der Waals surface area contributed by atoms with E-state index in [1.807, 2.05) is 0 Å². The fraction of sp³-hybridized carbons (Fsp3) is 0.250. The van der Waals surface area contributed by atoms with Crippen molar-refractivity contribution in [2.24, 2.45) is 0 Å². The van der Waals surface area contributed by atoms with Gasteiger partial charge in [0.05, 0.1) is 0 Å². The smallest absolute Gasteiger partial charge is 1.00 e. The average molecular weight is 564 g/mol. The van der Waals surface area contributed by atoms with Gasteiger partial charge in [-0.25, -0.2) is 0 Å². The molecule has 0 radical (unpaired) electrons. The van der Waals surface area contributed by atoms with E-state index in [1.54, 1.807) is 0 Å². The third-order valence-electron chi connectivity index (χ3n) is 5.21. The molecule has 3 heteroatoms. The number of aryl methyl sites for hydroxylation is 6. The summed E-state index contributed by atoms with van der Waals surface area (Å²) in [7, 11) is 0. The Kier molecular flexibility index (Phi) is 10.2. The Morgan fingerprint density at radius 2 is 0.852 bits per heavy atom. The van der Waals surface area contributed by atoms with Crippen LogP contribution in [0.2, 0.25) is 0 Å². The molecule has 0 aliphatic heterocycles. The van der Waals surface area contributed by atoms with E-state index >= 15 is 0 Å². The van der Waals surface area contributed by atoms with Crippen LogP contribution in [-0.4, -0.2) is 0 Å². The summed E-state index contributed by atoms with van der Waals surface area (Å²) in [6.45, 7) is 13.0. The minimum Gasteiger partial charge on any atom is -1.00 e. The topological polar surface area (TPSA) is 0 Å². The van der Waals surface area contributed by atoms with Crippen molar-refractivity contribution in [3.8, 4) is 0 Å². The van der Waals surface area contributed by atoms with Crippen LogP contribution < -0.4 is 24.8 Å². The summed E-state index contributed by atoms with van der Waals surface area (Å²) < 4.78 is 0. The monoisotopic (exact) mass is 564 g/mol. The van der Waals surface area contributed by atoms with Gasteiger partial charge >= 0.3 is 25.8 Å². The largest absolute Gasteiger partial charge is 4.00 e. The third kappa shape index (κ3) is 5.56. The van der Waals surface area contributed by atoms with Crippen LogP contribution in [0.3, 0.4) is 0 Å². The summed E-state index contributed by atoms with van der Waals surface area (Å²) in [5.41, 5.74) is 8.30. The Morgan fingerprint density at radius 1 is 0.556 bits per heavy atom. The van der Waals surface area contributed by atoms with Crippen molar-refractivity contribution in [3.05, 3.63) is 81.9 Å². The van der Waals surface area contributed by atoms with E-state index in [9.17, 15) is 0 Å². The van der Waals surface area contributed by atoms with Crippen LogP contribution in [0.15, 0.2) is 48.5 Å². The zero-order valence-electron chi connectivity index (χ0n) is 16.9. The van der Waals surface area contributed by atoms with E-state index in [4.69, 9.17) is 0 Å². The van der Waals surface area contributed by atoms with Crippen LogP contribution in [0.25, 0.3) is 21.5 Å². The van der Waals surface area contributed by atoms with Crippen LogP contribution in [0.5, 0.6) is 0 Å². The number of fused-ring (bicyclic) bond motifs is 2. The molecule has 4 aromatic carbocycles. The second-order valence-electron chi connectivity index (χ2n) is 7.08. The van der Waals surface area contributed by atoms with E-state index in [1.165, 1.54) is 54.9 Å². The maximum Gasteiger partial charge on any atom is 4.00 e. The predicted octanol–water partition coefficient (Wildman–Crippen LogP) is 0.973. The molecule has 140 valence electrons. The van der Waals surface area contributed by atoms with Gasteiger partial charge in [0.1, 0.15) is 0 Å². The SMILES string of the molecule is Cc1cc2cc[c-](C)c2cc1C.Cc1cc2cc[c-](C)c2cc1C.[Cl-].[Cl-].[Hf+4]. The predicted molar refractivity (Wildman–Crippen MR) is 108 cm³/mol. The van der Waals surface area contributed by atoms with Crippen molar-refractivity contribution >= 4 is 21.5 Å². The van der Waals surface area contributed by atoms with Crippen molar-refractivity contribution in [2.75, 3.05) is 0 Å². The first kappa shape index (κ1) is 26.1. The quantitative estimate of drug-likeness (QED) is 0.221. The minimum atomic E-state index is 0. The standard InChI is InChI=1S/2C12H13.2ClH.Hf/c2*1-8-4-5-11-6-9(2)10(3)7-12(8)11;;;/h2*4-7H,1-3H3;2*1H;/q2*-1;;;+4/p-2. The van der Waals surface area contributed by atoms with Crippen LogP contribution in [0.1, 0.15) is 33.4 Å². The van der Waals surface area contributed by atoms with E-state index < -0.39 is 0 Å². The van der Waals surface area contributed by atoms with Crippen LogP contribution >= 0.6 is 0 Å². The molecule has 0 unspecified atom stereocenters. The van der Waals surface area contributed by atoms with Crippen molar-refractivity contribution in [3.63, 3.8) is 0 Å². The Hall–Kier alpha value is -0.890. The first-order valence-corrected chi connectivity index (χ1v) is 8.63. The maximum absolute atomic E-state index is 2.28. The normalized spacial score (nSPS) is 9.70. The molecular formula is C24H26Cl2Hf. The number of hydrogen-bond donors (Lipinski definition) is 0. The molecule has 0 nitrogen and oxygen atoms in total. The van der Waals surface area contributed by atoms with Gasteiger partial charge in [0, 0.05) is 0 Å². The fourth-order valence-electron chi connectivity index (χ4n) is 3.24. The number of rotatable bonds is 0. The van der Waals surface area contributed by atoms with E-state index in [0.717, 1.165) is 0 Å². The molecule has 4 rings (SSSR count). The van der Waals surface area contributed by atoms with Gasteiger partial charge in [-0.15, -0.1) is 56.9 Å². The summed E-state index contributed by atoms with van der Waals surface area (Å²) in [4.78, 5) is 0. The van der Waals surface area contributed by atoms with E-state index in [2.05, 4.69) is 90.1 Å². The van der Waals surface area contributed by atoms with Gasteiger partial charge in [0.15, 0.2) is 0 Å². The summed E-state index contributed by atoms with van der Waals surface area (Å²) in [5.74, 6) is 0. The summed E-state index contributed by atoms with van der Waals surface area (Å²) in [5, 5.41) is 5.54. The molecule has 0 spiro atoms. The van der Waals surface area contributed by atoms with Crippen LogP contribution in [0.4, 0.5) is 0 Å². The van der Waals surface area contributed by atoms with Crippen LogP contribution in [-0.2, 0) is 25.8 Å². The van der Waals surface area contributed by atoms with Gasteiger partial charge in [-0.2, -0.15) is 24.3 Å². The molecule has 0 heterocycles. The molecule has 0 aromatic heterocycles. The van der Waals surface area contributed by atoms with Gasteiger partial charge < -0.3 is 24.8 Å². The minimum absolute atomic E-state index is 0. The maximum atomic E-state index is 2.28. The molecule has 0 atom stereocenters. The summed E-state index contributed by atoms with van der Waals surface area (Å²) in [6.07, 6.45) is 0. The summed E-state index contributed by atoms with van der Waals surface area (Å²) >= 11 is 0. The Morgan fingerprint density at radius 3 is 1.19 bits per heavy atom.